The number of aryl methyl sites for hydroxylation is 1. The van der Waals surface area contributed by atoms with Gasteiger partial charge in [0.1, 0.15) is 12.7 Å². The molecule has 2 aromatic heterocycles. The molecule has 6 heteroatoms. The van der Waals surface area contributed by atoms with Gasteiger partial charge in [-0.25, -0.2) is 4.68 Å². The Morgan fingerprint density at radius 1 is 1.20 bits per heavy atom. The molecule has 0 saturated carbocycles. The van der Waals surface area contributed by atoms with Crippen LogP contribution in [-0.4, -0.2) is 20.8 Å². The van der Waals surface area contributed by atoms with Crippen LogP contribution in [0.2, 0.25) is 0 Å². The highest BCUT2D eigenvalue weighted by Crippen LogP contribution is 2.32. The molecule has 0 spiro atoms. The molecule has 0 unspecified atom stereocenters. The monoisotopic (exact) mass is 284 g/mol. The fourth-order valence-corrected chi connectivity index (χ4v) is 2.97. The van der Waals surface area contributed by atoms with Crippen molar-refractivity contribution < 1.29 is 4.79 Å². The third kappa shape index (κ3) is 2.46. The standard InChI is InChI=1S/C14H12N4OS/c1-10-7-12(14(19)17-18-8-15-16-9-18)20-13(10)11-5-3-2-4-6-11/h2-9H,1H3,(H,17,19). The van der Waals surface area contributed by atoms with Gasteiger partial charge in [-0.3, -0.25) is 10.2 Å². The zero-order valence-electron chi connectivity index (χ0n) is 10.8. The zero-order valence-corrected chi connectivity index (χ0v) is 11.6. The Kier molecular flexibility index (Phi) is 3.30. The Morgan fingerprint density at radius 2 is 1.90 bits per heavy atom. The summed E-state index contributed by atoms with van der Waals surface area (Å²) in [4.78, 5) is 13.9. The highest BCUT2D eigenvalue weighted by atomic mass is 32.1. The number of hydrogen-bond donors (Lipinski definition) is 1. The van der Waals surface area contributed by atoms with E-state index in [9.17, 15) is 4.79 Å². The van der Waals surface area contributed by atoms with Crippen LogP contribution in [0.3, 0.4) is 0 Å². The number of thiophene rings is 1. The first-order valence-electron chi connectivity index (χ1n) is 6.06. The summed E-state index contributed by atoms with van der Waals surface area (Å²) in [5.41, 5.74) is 4.91. The van der Waals surface area contributed by atoms with Gasteiger partial charge in [0.2, 0.25) is 0 Å². The summed E-state index contributed by atoms with van der Waals surface area (Å²) in [7, 11) is 0. The topological polar surface area (TPSA) is 59.8 Å². The largest absolute Gasteiger partial charge is 0.280 e. The first-order chi connectivity index (χ1) is 9.74. The van der Waals surface area contributed by atoms with Crippen molar-refractivity contribution in [1.82, 2.24) is 14.9 Å². The van der Waals surface area contributed by atoms with E-state index in [1.165, 1.54) is 28.7 Å². The van der Waals surface area contributed by atoms with Crippen LogP contribution in [-0.2, 0) is 0 Å². The smallest absolute Gasteiger partial charge is 0.266 e. The highest BCUT2D eigenvalue weighted by Gasteiger charge is 2.13. The Hall–Kier alpha value is -2.47. The lowest BCUT2D eigenvalue weighted by molar-refractivity contribution is 0.101. The summed E-state index contributed by atoms with van der Waals surface area (Å²) >= 11 is 1.48. The minimum absolute atomic E-state index is 0.167. The summed E-state index contributed by atoms with van der Waals surface area (Å²) in [6.07, 6.45) is 2.88. The molecule has 0 aliphatic rings. The normalized spacial score (nSPS) is 10.4. The minimum Gasteiger partial charge on any atom is -0.266 e. The lowest BCUT2D eigenvalue weighted by atomic mass is 10.1. The predicted molar refractivity (Wildman–Crippen MR) is 78.2 cm³/mol. The number of nitrogens with one attached hydrogen (secondary N) is 1. The summed E-state index contributed by atoms with van der Waals surface area (Å²) in [6.45, 7) is 2.01. The van der Waals surface area contributed by atoms with Crippen LogP contribution in [0.25, 0.3) is 10.4 Å². The summed E-state index contributed by atoms with van der Waals surface area (Å²) in [5, 5.41) is 7.28. The average Bonchev–Trinajstić information content (AvgIpc) is 3.09. The van der Waals surface area contributed by atoms with Gasteiger partial charge in [0, 0.05) is 4.88 Å². The maximum Gasteiger partial charge on any atom is 0.280 e. The molecule has 20 heavy (non-hydrogen) atoms. The maximum atomic E-state index is 12.1. The number of nitrogens with zero attached hydrogens (tertiary/aromatic N) is 3. The molecule has 0 bridgehead atoms. The Labute approximate surface area is 119 Å². The molecule has 0 aliphatic carbocycles. The van der Waals surface area contributed by atoms with Crippen LogP contribution in [0.15, 0.2) is 49.1 Å². The number of benzene rings is 1. The van der Waals surface area contributed by atoms with Gasteiger partial charge in [0.25, 0.3) is 5.91 Å². The van der Waals surface area contributed by atoms with Gasteiger partial charge < -0.3 is 0 Å². The summed E-state index contributed by atoms with van der Waals surface area (Å²) in [6, 6.07) is 11.9. The molecule has 0 aliphatic heterocycles. The van der Waals surface area contributed by atoms with E-state index in [0.717, 1.165) is 16.0 Å². The molecule has 2 heterocycles. The molecule has 0 radical (unpaired) electrons. The molecular weight excluding hydrogens is 272 g/mol. The number of rotatable bonds is 3. The van der Waals surface area contributed by atoms with E-state index >= 15 is 0 Å². The van der Waals surface area contributed by atoms with E-state index < -0.39 is 0 Å². The van der Waals surface area contributed by atoms with Crippen LogP contribution < -0.4 is 5.43 Å². The second kappa shape index (κ2) is 5.26. The summed E-state index contributed by atoms with van der Waals surface area (Å²) in [5.74, 6) is -0.167. The number of aromatic nitrogens is 3. The second-order valence-corrected chi connectivity index (χ2v) is 5.35. The van der Waals surface area contributed by atoms with Crippen molar-refractivity contribution in [3.63, 3.8) is 0 Å². The van der Waals surface area contributed by atoms with E-state index in [1.807, 2.05) is 43.3 Å². The van der Waals surface area contributed by atoms with Gasteiger partial charge in [-0.1, -0.05) is 30.3 Å². The second-order valence-electron chi connectivity index (χ2n) is 4.30. The summed E-state index contributed by atoms with van der Waals surface area (Å²) < 4.78 is 1.43. The lowest BCUT2D eigenvalue weighted by Gasteiger charge is -2.01. The van der Waals surface area contributed by atoms with Gasteiger partial charge in [-0.05, 0) is 24.1 Å². The SMILES string of the molecule is Cc1cc(C(=O)Nn2cnnc2)sc1-c1ccccc1. The van der Waals surface area contributed by atoms with Crippen LogP contribution in [0, 0.1) is 6.92 Å². The quantitative estimate of drug-likeness (QED) is 0.804. The molecule has 5 nitrogen and oxygen atoms in total. The van der Waals surface area contributed by atoms with E-state index in [4.69, 9.17) is 0 Å². The van der Waals surface area contributed by atoms with Crippen LogP contribution >= 0.6 is 11.3 Å². The molecule has 0 saturated heterocycles. The van der Waals surface area contributed by atoms with E-state index in [0.29, 0.717) is 4.88 Å². The van der Waals surface area contributed by atoms with Gasteiger partial charge in [-0.2, -0.15) is 0 Å². The third-order valence-electron chi connectivity index (χ3n) is 2.83. The minimum atomic E-state index is -0.167. The third-order valence-corrected chi connectivity index (χ3v) is 4.11. The number of carbonyl (C=O) groups is 1. The average molecular weight is 284 g/mol. The Balaban J connectivity index is 1.87. The zero-order chi connectivity index (χ0) is 13.9. The van der Waals surface area contributed by atoms with Crippen molar-refractivity contribution in [1.29, 1.82) is 0 Å². The fourth-order valence-electron chi connectivity index (χ4n) is 1.90. The van der Waals surface area contributed by atoms with Crippen molar-refractivity contribution in [3.05, 3.63) is 59.5 Å². The van der Waals surface area contributed by atoms with Crippen molar-refractivity contribution >= 4 is 17.2 Å². The van der Waals surface area contributed by atoms with Crippen LogP contribution in [0.4, 0.5) is 0 Å². The molecule has 1 amide bonds. The molecule has 0 fully saturated rings. The van der Waals surface area contributed by atoms with E-state index in [1.54, 1.807) is 0 Å². The number of hydrogen-bond acceptors (Lipinski definition) is 4. The number of carbonyl (C=O) groups excluding carboxylic acids is 1. The molecule has 3 rings (SSSR count). The van der Waals surface area contributed by atoms with E-state index in [-0.39, 0.29) is 5.91 Å². The van der Waals surface area contributed by atoms with Gasteiger partial charge in [-0.15, -0.1) is 21.5 Å². The van der Waals surface area contributed by atoms with E-state index in [2.05, 4.69) is 15.6 Å². The molecule has 1 aromatic carbocycles. The van der Waals surface area contributed by atoms with Crippen molar-refractivity contribution in [2.24, 2.45) is 0 Å². The fraction of sp³-hybridized carbons (Fsp3) is 0.0714. The Bertz CT molecular complexity index is 719. The number of amides is 1. The van der Waals surface area contributed by atoms with Gasteiger partial charge in [0.05, 0.1) is 4.88 Å². The molecule has 1 N–H and O–H groups in total. The van der Waals surface area contributed by atoms with Crippen molar-refractivity contribution in [2.75, 3.05) is 5.43 Å². The van der Waals surface area contributed by atoms with Crippen LogP contribution in [0.5, 0.6) is 0 Å². The lowest BCUT2D eigenvalue weighted by Crippen LogP contribution is -2.20. The Morgan fingerprint density at radius 3 is 2.60 bits per heavy atom. The highest BCUT2D eigenvalue weighted by molar-refractivity contribution is 7.17. The first-order valence-corrected chi connectivity index (χ1v) is 6.87. The molecular formula is C14H12N4OS. The maximum absolute atomic E-state index is 12.1. The molecule has 3 aromatic rings. The first kappa shape index (κ1) is 12.6. The van der Waals surface area contributed by atoms with Crippen molar-refractivity contribution in [3.8, 4) is 10.4 Å². The predicted octanol–water partition coefficient (Wildman–Crippen LogP) is 2.70. The van der Waals surface area contributed by atoms with Crippen molar-refractivity contribution in [2.45, 2.75) is 6.92 Å². The molecule has 0 atom stereocenters. The van der Waals surface area contributed by atoms with Gasteiger partial charge >= 0.3 is 0 Å². The molecule has 100 valence electrons. The van der Waals surface area contributed by atoms with Gasteiger partial charge in [0.15, 0.2) is 0 Å². The van der Waals surface area contributed by atoms with Crippen LogP contribution in [0.1, 0.15) is 15.2 Å².